The summed E-state index contributed by atoms with van der Waals surface area (Å²) in [5.41, 5.74) is 0.722. The van der Waals surface area contributed by atoms with Crippen molar-refractivity contribution in [1.29, 1.82) is 0 Å². The quantitative estimate of drug-likeness (QED) is 0.570. The number of benzene rings is 1. The number of halogens is 3. The lowest BCUT2D eigenvalue weighted by Crippen LogP contribution is -2.19. The minimum absolute atomic E-state index is 0.101. The van der Waals surface area contributed by atoms with Gasteiger partial charge < -0.3 is 0 Å². The highest BCUT2D eigenvalue weighted by Gasteiger charge is 2.36. The highest BCUT2D eigenvalue weighted by Crippen LogP contribution is 2.36. The molecular weight excluding hydrogens is 399 g/mol. The number of aryl methyl sites for hydroxylation is 2. The number of thiophene rings is 1. The van der Waals surface area contributed by atoms with Crippen LogP contribution in [-0.4, -0.2) is 14.3 Å². The average molecular weight is 416 g/mol. The number of rotatable bonds is 5. The van der Waals surface area contributed by atoms with Gasteiger partial charge in [-0.15, -0.1) is 0 Å². The molecule has 0 aliphatic rings. The van der Waals surface area contributed by atoms with E-state index in [1.54, 1.807) is 18.2 Å². The summed E-state index contributed by atoms with van der Waals surface area (Å²) in [6, 6.07) is 11.0. The molecule has 2 heterocycles. The van der Waals surface area contributed by atoms with Gasteiger partial charge in [-0.2, -0.15) is 27.5 Å². The van der Waals surface area contributed by atoms with E-state index in [4.69, 9.17) is 0 Å². The number of aromatic nitrogens is 2. The summed E-state index contributed by atoms with van der Waals surface area (Å²) in [6.45, 7) is 1.98. The maximum Gasteiger partial charge on any atom is 0.433 e. The minimum Gasteiger partial charge on any atom is -0.263 e. The van der Waals surface area contributed by atoms with E-state index in [2.05, 4.69) is 9.82 Å². The molecule has 1 aromatic carbocycles. The molecule has 3 aromatic rings. The first-order valence-corrected chi connectivity index (χ1v) is 10.3. The lowest BCUT2D eigenvalue weighted by atomic mass is 10.1. The molecule has 1 atom stereocenters. The second-order valence-corrected chi connectivity index (χ2v) is 8.87. The monoisotopic (exact) mass is 416 g/mol. The molecule has 0 radical (unpaired) electrons. The molecule has 27 heavy (non-hydrogen) atoms. The Morgan fingerprint density at radius 1 is 1.26 bits per heavy atom. The predicted octanol–water partition coefficient (Wildman–Crippen LogP) is 5.09. The van der Waals surface area contributed by atoms with Crippen LogP contribution in [0.4, 0.5) is 18.9 Å². The van der Waals surface area contributed by atoms with Crippen LogP contribution < -0.4 is 4.72 Å². The molecule has 10 heteroatoms. The van der Waals surface area contributed by atoms with Gasteiger partial charge in [-0.3, -0.25) is 4.68 Å². The van der Waals surface area contributed by atoms with Gasteiger partial charge in [-0.25, -0.2) is 0 Å². The van der Waals surface area contributed by atoms with Crippen molar-refractivity contribution in [2.45, 2.75) is 23.7 Å². The molecule has 0 aliphatic heterocycles. The van der Waals surface area contributed by atoms with Crippen LogP contribution in [0.2, 0.25) is 0 Å². The van der Waals surface area contributed by atoms with Gasteiger partial charge in [0.2, 0.25) is 0 Å². The van der Waals surface area contributed by atoms with E-state index >= 15 is 0 Å². The molecule has 0 spiro atoms. The molecule has 0 aliphatic carbocycles. The molecule has 3 rings (SSSR count). The van der Waals surface area contributed by atoms with Crippen molar-refractivity contribution in [2.24, 2.45) is 7.05 Å². The van der Waals surface area contributed by atoms with Gasteiger partial charge in [-0.05, 0) is 40.5 Å². The zero-order valence-corrected chi connectivity index (χ0v) is 16.1. The van der Waals surface area contributed by atoms with E-state index in [0.29, 0.717) is 10.6 Å². The third-order valence-corrected chi connectivity index (χ3v) is 6.89. The Bertz CT molecular complexity index is 1010. The van der Waals surface area contributed by atoms with Gasteiger partial charge in [0.25, 0.3) is 4.21 Å². The highest BCUT2D eigenvalue weighted by molar-refractivity contribution is 8.00. The summed E-state index contributed by atoms with van der Waals surface area (Å²) >= 11 is 0.924. The Morgan fingerprint density at radius 2 is 2.00 bits per heavy atom. The highest BCUT2D eigenvalue weighted by atomic mass is 32.3. The molecule has 0 amide bonds. The average Bonchev–Trinajstić information content (AvgIpc) is 3.21. The van der Waals surface area contributed by atoms with Crippen molar-refractivity contribution in [1.82, 2.24) is 9.78 Å². The summed E-state index contributed by atoms with van der Waals surface area (Å²) in [6.07, 6.45) is -3.73. The Hall–Kier alpha value is -2.17. The van der Waals surface area contributed by atoms with Crippen molar-refractivity contribution in [2.75, 3.05) is 4.72 Å². The Kier molecular flexibility index (Phi) is 5.15. The second-order valence-electron chi connectivity index (χ2n) is 5.84. The topological polar surface area (TPSA) is 67.2 Å². The molecule has 2 N–H and O–H groups in total. The predicted molar refractivity (Wildman–Crippen MR) is 99.9 cm³/mol. The van der Waals surface area contributed by atoms with Gasteiger partial charge in [0.05, 0.1) is 10.6 Å². The van der Waals surface area contributed by atoms with Crippen molar-refractivity contribution in [3.05, 3.63) is 53.7 Å². The van der Waals surface area contributed by atoms with Crippen LogP contribution in [0.5, 0.6) is 0 Å². The molecular formula is C17H17F3N3O2S2+. The zero-order chi connectivity index (χ0) is 19.8. The summed E-state index contributed by atoms with van der Waals surface area (Å²) in [4.78, 5) is 0.377. The molecule has 5 nitrogen and oxygen atoms in total. The fraction of sp³-hybridized carbons (Fsp3) is 0.235. The standard InChI is InChI=1S/C17H16F3N3O2S2/c1-3-11-5-4-6-12(9-11)22-27(24,25)16-8-7-14(26-16)13-10-15(17(18,19)20)23(2)21-13/h4-10H,3H2,1-2H3,(H-,22,24,25)/p+1. The number of nitrogens with zero attached hydrogens (tertiary/aromatic N) is 2. The number of anilines is 1. The fourth-order valence-corrected chi connectivity index (χ4v) is 4.86. The van der Waals surface area contributed by atoms with Gasteiger partial charge in [-0.1, -0.05) is 30.4 Å². The summed E-state index contributed by atoms with van der Waals surface area (Å²) in [5, 5.41) is 3.86. The molecule has 144 valence electrons. The number of alkyl halides is 3. The van der Waals surface area contributed by atoms with Crippen LogP contribution in [0.25, 0.3) is 10.6 Å². The van der Waals surface area contributed by atoms with Crippen molar-refractivity contribution in [3.63, 3.8) is 0 Å². The van der Waals surface area contributed by atoms with E-state index in [1.165, 1.54) is 19.2 Å². The van der Waals surface area contributed by atoms with Gasteiger partial charge in [0, 0.05) is 13.1 Å². The molecule has 0 saturated heterocycles. The van der Waals surface area contributed by atoms with Crippen LogP contribution in [0, 0.1) is 0 Å². The minimum atomic E-state index is -4.52. The molecule has 1 unspecified atom stereocenters. The summed E-state index contributed by atoms with van der Waals surface area (Å²) in [7, 11) is -2.39. The van der Waals surface area contributed by atoms with Crippen LogP contribution in [0.15, 0.2) is 46.7 Å². The molecule has 0 bridgehead atoms. The van der Waals surface area contributed by atoms with Crippen LogP contribution in [0.3, 0.4) is 0 Å². The first kappa shape index (κ1) is 19.6. The van der Waals surface area contributed by atoms with E-state index in [0.717, 1.165) is 34.1 Å². The third-order valence-electron chi connectivity index (χ3n) is 3.87. The number of nitrogens with one attached hydrogen (secondary N) is 1. The lowest BCUT2D eigenvalue weighted by molar-refractivity contribution is -0.143. The second kappa shape index (κ2) is 7.10. The van der Waals surface area contributed by atoms with Crippen LogP contribution in [-0.2, 0) is 34.3 Å². The zero-order valence-electron chi connectivity index (χ0n) is 14.4. The molecule has 0 saturated carbocycles. The first-order valence-electron chi connectivity index (χ1n) is 7.95. The smallest absolute Gasteiger partial charge is 0.263 e. The maximum absolute atomic E-state index is 12.9. The van der Waals surface area contributed by atoms with E-state index in [9.17, 15) is 21.9 Å². The van der Waals surface area contributed by atoms with E-state index < -0.39 is 22.3 Å². The SMILES string of the molecule is CCc1cccc(N[S+](=O)(O)c2ccc(-c3cc(C(F)(F)F)n(C)n3)s2)c1. The van der Waals surface area contributed by atoms with E-state index in [-0.39, 0.29) is 9.90 Å². The van der Waals surface area contributed by atoms with Crippen molar-refractivity contribution in [3.8, 4) is 10.6 Å². The Morgan fingerprint density at radius 3 is 2.63 bits per heavy atom. The normalized spacial score (nSPS) is 14.1. The van der Waals surface area contributed by atoms with E-state index in [1.807, 2.05) is 13.0 Å². The van der Waals surface area contributed by atoms with Gasteiger partial charge in [0.1, 0.15) is 11.4 Å². The van der Waals surface area contributed by atoms with Gasteiger partial charge in [0.15, 0.2) is 0 Å². The fourth-order valence-electron chi connectivity index (χ4n) is 2.52. The third kappa shape index (κ3) is 4.23. The Balaban J connectivity index is 1.87. The summed E-state index contributed by atoms with van der Waals surface area (Å²) < 4.78 is 65.3. The molecule has 0 fully saturated rings. The first-order chi connectivity index (χ1) is 12.6. The summed E-state index contributed by atoms with van der Waals surface area (Å²) in [5.74, 6) is 0. The van der Waals surface area contributed by atoms with Crippen LogP contribution in [0.1, 0.15) is 18.2 Å². The van der Waals surface area contributed by atoms with Crippen molar-refractivity contribution < 1.29 is 21.9 Å². The number of hydrogen-bond acceptors (Lipinski definition) is 3. The maximum atomic E-state index is 12.9. The largest absolute Gasteiger partial charge is 0.433 e. The lowest BCUT2D eigenvalue weighted by Gasteiger charge is -2.06. The molecule has 2 aromatic heterocycles. The number of hydrogen-bond donors (Lipinski definition) is 2. The van der Waals surface area contributed by atoms with Crippen molar-refractivity contribution >= 4 is 27.4 Å². The van der Waals surface area contributed by atoms with Gasteiger partial charge >= 0.3 is 16.6 Å². The van der Waals surface area contributed by atoms with Crippen LogP contribution >= 0.6 is 11.3 Å². The Labute approximate surface area is 159 Å².